The van der Waals surface area contributed by atoms with Crippen LogP contribution >= 0.6 is 11.8 Å². The SMILES string of the molecule is CCC(C)C(c1ccccc1)c1nc(N)nc(SC)n1. The largest absolute Gasteiger partial charge is 0.368 e. The fourth-order valence-electron chi connectivity index (χ4n) is 2.25. The maximum Gasteiger partial charge on any atom is 0.224 e. The zero-order valence-corrected chi connectivity index (χ0v) is 12.9. The first kappa shape index (κ1) is 14.8. The summed E-state index contributed by atoms with van der Waals surface area (Å²) in [5.74, 6) is 1.65. The molecule has 1 heterocycles. The summed E-state index contributed by atoms with van der Waals surface area (Å²) in [6, 6.07) is 10.4. The molecule has 0 saturated heterocycles. The first-order chi connectivity index (χ1) is 9.65. The highest BCUT2D eigenvalue weighted by atomic mass is 32.2. The van der Waals surface area contributed by atoms with Gasteiger partial charge in [0.05, 0.1) is 0 Å². The Balaban J connectivity index is 2.49. The van der Waals surface area contributed by atoms with Crippen LogP contribution in [0.1, 0.15) is 37.6 Å². The molecule has 5 heteroatoms. The molecule has 0 aliphatic carbocycles. The molecule has 1 aromatic carbocycles. The van der Waals surface area contributed by atoms with Crippen molar-refractivity contribution >= 4 is 17.7 Å². The van der Waals surface area contributed by atoms with E-state index in [1.54, 1.807) is 0 Å². The second-order valence-corrected chi connectivity index (χ2v) is 5.59. The van der Waals surface area contributed by atoms with Crippen LogP contribution in [0.25, 0.3) is 0 Å². The van der Waals surface area contributed by atoms with Crippen molar-refractivity contribution in [1.29, 1.82) is 0 Å². The van der Waals surface area contributed by atoms with Gasteiger partial charge in [0.2, 0.25) is 5.95 Å². The van der Waals surface area contributed by atoms with Gasteiger partial charge in [-0.1, -0.05) is 62.4 Å². The molecule has 2 N–H and O–H groups in total. The fourth-order valence-corrected chi connectivity index (χ4v) is 2.62. The molecule has 0 amide bonds. The van der Waals surface area contributed by atoms with E-state index in [1.165, 1.54) is 17.3 Å². The summed E-state index contributed by atoms with van der Waals surface area (Å²) in [6.45, 7) is 4.40. The van der Waals surface area contributed by atoms with Crippen LogP contribution < -0.4 is 5.73 Å². The van der Waals surface area contributed by atoms with Crippen molar-refractivity contribution in [2.75, 3.05) is 12.0 Å². The van der Waals surface area contributed by atoms with E-state index in [-0.39, 0.29) is 5.92 Å². The van der Waals surface area contributed by atoms with Crippen molar-refractivity contribution < 1.29 is 0 Å². The molecule has 2 aromatic rings. The summed E-state index contributed by atoms with van der Waals surface area (Å²) < 4.78 is 0. The molecule has 0 radical (unpaired) electrons. The zero-order chi connectivity index (χ0) is 14.5. The number of hydrogen-bond donors (Lipinski definition) is 1. The molecular formula is C15H20N4S. The quantitative estimate of drug-likeness (QED) is 0.855. The number of nitrogens with zero attached hydrogens (tertiary/aromatic N) is 3. The van der Waals surface area contributed by atoms with E-state index in [2.05, 4.69) is 40.9 Å². The molecule has 0 aliphatic rings. The maximum absolute atomic E-state index is 5.82. The van der Waals surface area contributed by atoms with Crippen LogP contribution in [0.3, 0.4) is 0 Å². The first-order valence-corrected chi connectivity index (χ1v) is 7.98. The Kier molecular flexibility index (Phi) is 4.95. The van der Waals surface area contributed by atoms with E-state index in [0.717, 1.165) is 12.2 Å². The van der Waals surface area contributed by atoms with Gasteiger partial charge in [0.15, 0.2) is 5.16 Å². The van der Waals surface area contributed by atoms with Gasteiger partial charge in [0.25, 0.3) is 0 Å². The molecule has 2 atom stereocenters. The van der Waals surface area contributed by atoms with Crippen LogP contribution in [-0.4, -0.2) is 21.2 Å². The van der Waals surface area contributed by atoms with E-state index in [0.29, 0.717) is 17.0 Å². The summed E-state index contributed by atoms with van der Waals surface area (Å²) in [4.78, 5) is 13.1. The Hall–Kier alpha value is -1.62. The van der Waals surface area contributed by atoms with E-state index in [4.69, 9.17) is 5.73 Å². The van der Waals surface area contributed by atoms with E-state index >= 15 is 0 Å². The summed E-state index contributed by atoms with van der Waals surface area (Å²) in [7, 11) is 0. The lowest BCUT2D eigenvalue weighted by Gasteiger charge is -2.22. The maximum atomic E-state index is 5.82. The van der Waals surface area contributed by atoms with Gasteiger partial charge in [-0.3, -0.25) is 0 Å². The fraction of sp³-hybridized carbons (Fsp3) is 0.400. The number of anilines is 1. The Morgan fingerprint density at radius 1 is 1.15 bits per heavy atom. The van der Waals surface area contributed by atoms with Crippen LogP contribution in [0.15, 0.2) is 35.5 Å². The summed E-state index contributed by atoms with van der Waals surface area (Å²) >= 11 is 1.49. The minimum Gasteiger partial charge on any atom is -0.368 e. The normalized spacial score (nSPS) is 13.9. The molecule has 0 spiro atoms. The van der Waals surface area contributed by atoms with Crippen LogP contribution in [0.5, 0.6) is 0 Å². The molecule has 1 aromatic heterocycles. The second kappa shape index (κ2) is 6.70. The third-order valence-electron chi connectivity index (χ3n) is 3.48. The Morgan fingerprint density at radius 3 is 2.45 bits per heavy atom. The predicted octanol–water partition coefficient (Wildman–Crippen LogP) is 3.35. The van der Waals surface area contributed by atoms with Crippen LogP contribution in [-0.2, 0) is 0 Å². The van der Waals surface area contributed by atoms with Crippen LogP contribution in [0, 0.1) is 5.92 Å². The van der Waals surface area contributed by atoms with Crippen LogP contribution in [0.2, 0.25) is 0 Å². The highest BCUT2D eigenvalue weighted by molar-refractivity contribution is 7.98. The minimum atomic E-state index is 0.150. The van der Waals surface area contributed by atoms with E-state index < -0.39 is 0 Å². The van der Waals surface area contributed by atoms with Gasteiger partial charge in [0, 0.05) is 5.92 Å². The van der Waals surface area contributed by atoms with Gasteiger partial charge in [-0.2, -0.15) is 9.97 Å². The molecule has 2 unspecified atom stereocenters. The first-order valence-electron chi connectivity index (χ1n) is 6.76. The Labute approximate surface area is 124 Å². The van der Waals surface area contributed by atoms with Crippen molar-refractivity contribution in [3.63, 3.8) is 0 Å². The summed E-state index contributed by atoms with van der Waals surface area (Å²) in [5, 5.41) is 0.678. The monoisotopic (exact) mass is 288 g/mol. The number of rotatable bonds is 5. The van der Waals surface area contributed by atoms with Gasteiger partial charge < -0.3 is 5.73 Å². The number of thioether (sulfide) groups is 1. The number of hydrogen-bond acceptors (Lipinski definition) is 5. The highest BCUT2D eigenvalue weighted by Crippen LogP contribution is 2.32. The molecule has 106 valence electrons. The molecule has 0 bridgehead atoms. The minimum absolute atomic E-state index is 0.150. The number of aromatic nitrogens is 3. The van der Waals surface area contributed by atoms with E-state index in [9.17, 15) is 0 Å². The van der Waals surface area contributed by atoms with Crippen molar-refractivity contribution in [2.24, 2.45) is 5.92 Å². The molecule has 2 rings (SSSR count). The lowest BCUT2D eigenvalue weighted by atomic mass is 9.85. The number of nitrogen functional groups attached to an aromatic ring is 1. The molecule has 4 nitrogen and oxygen atoms in total. The van der Waals surface area contributed by atoms with Crippen LogP contribution in [0.4, 0.5) is 5.95 Å². The van der Waals surface area contributed by atoms with Crippen molar-refractivity contribution in [1.82, 2.24) is 15.0 Å². The van der Waals surface area contributed by atoms with Gasteiger partial charge in [-0.05, 0) is 17.7 Å². The third kappa shape index (κ3) is 3.28. The Morgan fingerprint density at radius 2 is 1.85 bits per heavy atom. The lowest BCUT2D eigenvalue weighted by Crippen LogP contribution is -2.16. The Bertz CT molecular complexity index is 559. The molecular weight excluding hydrogens is 268 g/mol. The van der Waals surface area contributed by atoms with E-state index in [1.807, 2.05) is 24.5 Å². The number of benzene rings is 1. The standard InChI is InChI=1S/C15H20N4S/c1-4-10(2)12(11-8-6-5-7-9-11)13-17-14(16)19-15(18-13)20-3/h5-10,12H,4H2,1-3H3,(H2,16,17,18,19). The predicted molar refractivity (Wildman–Crippen MR) is 83.8 cm³/mol. The highest BCUT2D eigenvalue weighted by Gasteiger charge is 2.24. The summed E-state index contributed by atoms with van der Waals surface area (Å²) in [6.07, 6.45) is 3.00. The van der Waals surface area contributed by atoms with Gasteiger partial charge >= 0.3 is 0 Å². The zero-order valence-electron chi connectivity index (χ0n) is 12.1. The molecule has 0 fully saturated rings. The lowest BCUT2D eigenvalue weighted by molar-refractivity contribution is 0.474. The average Bonchev–Trinajstić information content (AvgIpc) is 2.47. The smallest absolute Gasteiger partial charge is 0.224 e. The molecule has 0 saturated carbocycles. The second-order valence-electron chi connectivity index (χ2n) is 4.81. The molecule has 20 heavy (non-hydrogen) atoms. The van der Waals surface area contributed by atoms with Gasteiger partial charge in [0.1, 0.15) is 5.82 Å². The van der Waals surface area contributed by atoms with Crippen molar-refractivity contribution in [2.45, 2.75) is 31.3 Å². The topological polar surface area (TPSA) is 64.7 Å². The average molecular weight is 288 g/mol. The van der Waals surface area contributed by atoms with Crippen molar-refractivity contribution in [3.8, 4) is 0 Å². The van der Waals surface area contributed by atoms with Gasteiger partial charge in [-0.25, -0.2) is 4.98 Å². The van der Waals surface area contributed by atoms with Crippen molar-refractivity contribution in [3.05, 3.63) is 41.7 Å². The van der Waals surface area contributed by atoms with Gasteiger partial charge in [-0.15, -0.1) is 0 Å². The number of nitrogens with two attached hydrogens (primary N) is 1. The summed E-state index contributed by atoms with van der Waals surface area (Å²) in [5.41, 5.74) is 7.04. The molecule has 0 aliphatic heterocycles. The third-order valence-corrected chi connectivity index (χ3v) is 4.03.